The average molecular weight is 304 g/mol. The SMILES string of the molecule is O=[N+]([O-])/C=C1/NCCN1Cc1ccc(Br)s1. The zero-order valence-electron chi connectivity index (χ0n) is 8.35. The monoisotopic (exact) mass is 303 g/mol. The lowest BCUT2D eigenvalue weighted by atomic mass is 10.4. The van der Waals surface area contributed by atoms with Crippen molar-refractivity contribution in [3.05, 3.63) is 42.9 Å². The molecule has 0 atom stereocenters. The highest BCUT2D eigenvalue weighted by Crippen LogP contribution is 2.24. The Bertz CT molecular complexity index is 432. The van der Waals surface area contributed by atoms with E-state index in [0.717, 1.165) is 23.1 Å². The fourth-order valence-electron chi connectivity index (χ4n) is 1.57. The van der Waals surface area contributed by atoms with Gasteiger partial charge in [-0.1, -0.05) is 0 Å². The van der Waals surface area contributed by atoms with Gasteiger partial charge in [-0.15, -0.1) is 11.3 Å². The lowest BCUT2D eigenvalue weighted by Gasteiger charge is -2.15. The Hall–Kier alpha value is -1.08. The van der Waals surface area contributed by atoms with Gasteiger partial charge in [-0.2, -0.15) is 0 Å². The van der Waals surface area contributed by atoms with Gasteiger partial charge < -0.3 is 10.2 Å². The van der Waals surface area contributed by atoms with Crippen molar-refractivity contribution < 1.29 is 4.92 Å². The minimum atomic E-state index is -0.426. The Morgan fingerprint density at radius 1 is 1.69 bits per heavy atom. The molecule has 0 aliphatic carbocycles. The molecule has 1 aliphatic heterocycles. The normalized spacial score (nSPS) is 17.8. The van der Waals surface area contributed by atoms with Gasteiger partial charge >= 0.3 is 0 Å². The quantitative estimate of drug-likeness (QED) is 0.685. The van der Waals surface area contributed by atoms with Gasteiger partial charge in [-0.05, 0) is 28.1 Å². The third-order valence-corrected chi connectivity index (χ3v) is 3.84. The maximum absolute atomic E-state index is 10.4. The van der Waals surface area contributed by atoms with Crippen LogP contribution in [-0.2, 0) is 6.54 Å². The summed E-state index contributed by atoms with van der Waals surface area (Å²) < 4.78 is 1.08. The molecule has 0 amide bonds. The van der Waals surface area contributed by atoms with Crippen LogP contribution in [0.1, 0.15) is 4.88 Å². The summed E-state index contributed by atoms with van der Waals surface area (Å²) in [5.74, 6) is 0.592. The molecule has 0 saturated carbocycles. The number of nitrogens with one attached hydrogen (secondary N) is 1. The summed E-state index contributed by atoms with van der Waals surface area (Å²) in [5.41, 5.74) is 0. The molecule has 0 aromatic carbocycles. The Kier molecular flexibility index (Phi) is 3.45. The van der Waals surface area contributed by atoms with E-state index >= 15 is 0 Å². The lowest BCUT2D eigenvalue weighted by molar-refractivity contribution is -0.404. The molecule has 2 rings (SSSR count). The third kappa shape index (κ3) is 2.73. The molecule has 5 nitrogen and oxygen atoms in total. The molecule has 0 unspecified atom stereocenters. The van der Waals surface area contributed by atoms with Crippen molar-refractivity contribution >= 4 is 27.3 Å². The first-order valence-corrected chi connectivity index (χ1v) is 6.34. The van der Waals surface area contributed by atoms with E-state index in [1.54, 1.807) is 11.3 Å². The highest BCUT2D eigenvalue weighted by atomic mass is 79.9. The van der Waals surface area contributed by atoms with Crippen LogP contribution in [0.2, 0.25) is 0 Å². The van der Waals surface area contributed by atoms with E-state index in [9.17, 15) is 10.1 Å². The van der Waals surface area contributed by atoms with Crippen molar-refractivity contribution in [1.82, 2.24) is 10.2 Å². The van der Waals surface area contributed by atoms with E-state index in [1.807, 2.05) is 17.0 Å². The number of nitrogens with zero attached hydrogens (tertiary/aromatic N) is 2. The van der Waals surface area contributed by atoms with E-state index in [2.05, 4.69) is 21.2 Å². The first kappa shape index (κ1) is 11.4. The Morgan fingerprint density at radius 3 is 3.12 bits per heavy atom. The Morgan fingerprint density at radius 2 is 2.50 bits per heavy atom. The second kappa shape index (κ2) is 4.84. The van der Waals surface area contributed by atoms with Crippen LogP contribution in [-0.4, -0.2) is 22.9 Å². The maximum atomic E-state index is 10.4. The molecule has 7 heteroatoms. The standard InChI is InChI=1S/C9H10BrN3O2S/c10-8-2-1-7(16-8)5-12-4-3-11-9(12)6-13(14)15/h1-2,6,11H,3-5H2/b9-6-. The molecule has 16 heavy (non-hydrogen) atoms. The summed E-state index contributed by atoms with van der Waals surface area (Å²) in [6, 6.07) is 4.01. The zero-order valence-corrected chi connectivity index (χ0v) is 10.8. The Labute approximate surface area is 105 Å². The largest absolute Gasteiger partial charge is 0.365 e. The van der Waals surface area contributed by atoms with Gasteiger partial charge in [-0.3, -0.25) is 10.1 Å². The van der Waals surface area contributed by atoms with Gasteiger partial charge in [0.15, 0.2) is 5.82 Å². The molecule has 1 aliphatic rings. The van der Waals surface area contributed by atoms with Gasteiger partial charge in [0.2, 0.25) is 0 Å². The van der Waals surface area contributed by atoms with E-state index in [0.29, 0.717) is 12.4 Å². The van der Waals surface area contributed by atoms with Gasteiger partial charge in [0.1, 0.15) is 0 Å². The Balaban J connectivity index is 2.06. The van der Waals surface area contributed by atoms with Crippen LogP contribution in [0, 0.1) is 10.1 Å². The van der Waals surface area contributed by atoms with Gasteiger partial charge in [0.25, 0.3) is 6.20 Å². The lowest BCUT2D eigenvalue weighted by Crippen LogP contribution is -2.20. The molecule has 1 fully saturated rings. The number of rotatable bonds is 3. The molecule has 0 spiro atoms. The molecule has 86 valence electrons. The molecule has 2 heterocycles. The molecular formula is C9H10BrN3O2S. The van der Waals surface area contributed by atoms with Crippen molar-refractivity contribution in [2.24, 2.45) is 0 Å². The van der Waals surface area contributed by atoms with Crippen LogP contribution in [0.4, 0.5) is 0 Å². The molecule has 0 radical (unpaired) electrons. The summed E-state index contributed by atoms with van der Waals surface area (Å²) in [5, 5.41) is 13.4. The molecular weight excluding hydrogens is 294 g/mol. The molecule has 1 aromatic rings. The van der Waals surface area contributed by atoms with Crippen LogP contribution in [0.15, 0.2) is 27.9 Å². The minimum absolute atomic E-state index is 0.426. The van der Waals surface area contributed by atoms with Crippen LogP contribution >= 0.6 is 27.3 Å². The van der Waals surface area contributed by atoms with E-state index in [1.165, 1.54) is 4.88 Å². The number of hydrogen-bond donors (Lipinski definition) is 1. The van der Waals surface area contributed by atoms with Gasteiger partial charge in [0, 0.05) is 18.0 Å². The highest BCUT2D eigenvalue weighted by molar-refractivity contribution is 9.11. The van der Waals surface area contributed by atoms with Crippen molar-refractivity contribution in [2.75, 3.05) is 13.1 Å². The topological polar surface area (TPSA) is 58.4 Å². The van der Waals surface area contributed by atoms with E-state index < -0.39 is 4.92 Å². The zero-order chi connectivity index (χ0) is 11.5. The van der Waals surface area contributed by atoms with Gasteiger partial charge in [0.05, 0.1) is 15.3 Å². The average Bonchev–Trinajstić information content (AvgIpc) is 2.77. The fraction of sp³-hybridized carbons (Fsp3) is 0.333. The number of halogens is 1. The highest BCUT2D eigenvalue weighted by Gasteiger charge is 2.19. The van der Waals surface area contributed by atoms with Crippen LogP contribution < -0.4 is 5.32 Å². The second-order valence-corrected chi connectivity index (χ2v) is 5.90. The third-order valence-electron chi connectivity index (χ3n) is 2.23. The van der Waals surface area contributed by atoms with Crippen LogP contribution in [0.5, 0.6) is 0 Å². The fourth-order valence-corrected chi connectivity index (χ4v) is 3.07. The summed E-state index contributed by atoms with van der Waals surface area (Å²) in [7, 11) is 0. The van der Waals surface area contributed by atoms with Crippen molar-refractivity contribution in [3.63, 3.8) is 0 Å². The smallest absolute Gasteiger partial charge is 0.274 e. The number of hydrogen-bond acceptors (Lipinski definition) is 5. The number of thiophene rings is 1. The first-order valence-electron chi connectivity index (χ1n) is 4.73. The number of nitro groups is 1. The minimum Gasteiger partial charge on any atom is -0.365 e. The summed E-state index contributed by atoms with van der Waals surface area (Å²) in [6.07, 6.45) is 1.02. The molecule has 1 aromatic heterocycles. The maximum Gasteiger partial charge on any atom is 0.274 e. The molecule has 0 bridgehead atoms. The van der Waals surface area contributed by atoms with Crippen LogP contribution in [0.3, 0.4) is 0 Å². The van der Waals surface area contributed by atoms with Crippen molar-refractivity contribution in [1.29, 1.82) is 0 Å². The summed E-state index contributed by atoms with van der Waals surface area (Å²) in [6.45, 7) is 2.27. The molecule has 1 saturated heterocycles. The predicted octanol–water partition coefficient (Wildman–Crippen LogP) is 1.99. The predicted molar refractivity (Wildman–Crippen MR) is 65.5 cm³/mol. The van der Waals surface area contributed by atoms with E-state index in [4.69, 9.17) is 0 Å². The summed E-state index contributed by atoms with van der Waals surface area (Å²) >= 11 is 5.04. The molecule has 1 N–H and O–H groups in total. The summed E-state index contributed by atoms with van der Waals surface area (Å²) in [4.78, 5) is 13.1. The van der Waals surface area contributed by atoms with E-state index in [-0.39, 0.29) is 0 Å². The van der Waals surface area contributed by atoms with Gasteiger partial charge in [-0.25, -0.2) is 0 Å². The van der Waals surface area contributed by atoms with Crippen molar-refractivity contribution in [3.8, 4) is 0 Å². The van der Waals surface area contributed by atoms with Crippen LogP contribution in [0.25, 0.3) is 0 Å². The first-order chi connectivity index (χ1) is 7.65. The van der Waals surface area contributed by atoms with Crippen molar-refractivity contribution in [2.45, 2.75) is 6.54 Å². The second-order valence-electron chi connectivity index (χ2n) is 3.35.